The van der Waals surface area contributed by atoms with Gasteiger partial charge in [0.2, 0.25) is 10.0 Å². The van der Waals surface area contributed by atoms with Crippen molar-refractivity contribution in [2.45, 2.75) is 11.4 Å². The third kappa shape index (κ3) is 2.32. The molecular formula is C14H12N2O5S. The van der Waals surface area contributed by atoms with Crippen LogP contribution in [-0.2, 0) is 16.6 Å². The van der Waals surface area contributed by atoms with Crippen LogP contribution in [0.5, 0.6) is 0 Å². The molecule has 1 aliphatic rings. The molecule has 0 saturated heterocycles. The number of benzene rings is 1. The third-order valence-corrected chi connectivity index (χ3v) is 4.79. The Bertz CT molecular complexity index is 855. The van der Waals surface area contributed by atoms with Crippen molar-refractivity contribution in [3.05, 3.63) is 53.5 Å². The van der Waals surface area contributed by atoms with Crippen LogP contribution >= 0.6 is 0 Å². The van der Waals surface area contributed by atoms with Crippen LogP contribution in [0.25, 0.3) is 0 Å². The summed E-state index contributed by atoms with van der Waals surface area (Å²) >= 11 is 0. The SMILES string of the molecule is CN1C(=O)c2ccc(S(=O)(=O)NCc3ccco3)cc2C1=O. The fourth-order valence-electron chi connectivity index (χ4n) is 2.17. The maximum absolute atomic E-state index is 12.2. The molecule has 2 heterocycles. The van der Waals surface area contributed by atoms with Gasteiger partial charge in [-0.1, -0.05) is 0 Å². The topological polar surface area (TPSA) is 96.7 Å². The van der Waals surface area contributed by atoms with Gasteiger partial charge in [0.05, 0.1) is 28.8 Å². The molecule has 1 aliphatic heterocycles. The Morgan fingerprint density at radius 3 is 2.55 bits per heavy atom. The minimum Gasteiger partial charge on any atom is -0.468 e. The minimum absolute atomic E-state index is 0.000796. The minimum atomic E-state index is -3.81. The molecule has 0 atom stereocenters. The molecule has 114 valence electrons. The van der Waals surface area contributed by atoms with E-state index < -0.39 is 21.8 Å². The van der Waals surface area contributed by atoms with Crippen LogP contribution in [0.1, 0.15) is 26.5 Å². The lowest BCUT2D eigenvalue weighted by Gasteiger charge is -2.06. The quantitative estimate of drug-likeness (QED) is 0.847. The lowest BCUT2D eigenvalue weighted by Crippen LogP contribution is -2.24. The van der Waals surface area contributed by atoms with E-state index in [4.69, 9.17) is 4.42 Å². The number of carbonyl (C=O) groups excluding carboxylic acids is 2. The smallest absolute Gasteiger partial charge is 0.261 e. The number of carbonyl (C=O) groups is 2. The summed E-state index contributed by atoms with van der Waals surface area (Å²) in [5, 5.41) is 0. The van der Waals surface area contributed by atoms with E-state index in [1.54, 1.807) is 12.1 Å². The van der Waals surface area contributed by atoms with Crippen molar-refractivity contribution in [2.75, 3.05) is 7.05 Å². The largest absolute Gasteiger partial charge is 0.468 e. The van der Waals surface area contributed by atoms with Gasteiger partial charge in [0, 0.05) is 7.05 Å². The van der Waals surface area contributed by atoms with Gasteiger partial charge >= 0.3 is 0 Å². The van der Waals surface area contributed by atoms with E-state index in [1.807, 2.05) is 0 Å². The number of sulfonamides is 1. The molecule has 0 fully saturated rings. The molecule has 8 heteroatoms. The van der Waals surface area contributed by atoms with E-state index in [0.29, 0.717) is 5.76 Å². The van der Waals surface area contributed by atoms with Gasteiger partial charge in [-0.25, -0.2) is 13.1 Å². The molecular weight excluding hydrogens is 308 g/mol. The van der Waals surface area contributed by atoms with E-state index in [0.717, 1.165) is 4.90 Å². The predicted molar refractivity (Wildman–Crippen MR) is 75.6 cm³/mol. The zero-order valence-corrected chi connectivity index (χ0v) is 12.4. The molecule has 1 aromatic heterocycles. The summed E-state index contributed by atoms with van der Waals surface area (Å²) < 4.78 is 31.9. The molecule has 0 saturated carbocycles. The van der Waals surface area contributed by atoms with Crippen molar-refractivity contribution >= 4 is 21.8 Å². The zero-order valence-electron chi connectivity index (χ0n) is 11.6. The van der Waals surface area contributed by atoms with Gasteiger partial charge < -0.3 is 4.42 Å². The third-order valence-electron chi connectivity index (χ3n) is 3.39. The summed E-state index contributed by atoms with van der Waals surface area (Å²) in [5.41, 5.74) is 0.297. The highest BCUT2D eigenvalue weighted by Gasteiger charge is 2.33. The van der Waals surface area contributed by atoms with Crippen LogP contribution in [-0.4, -0.2) is 32.2 Å². The Balaban J connectivity index is 1.90. The fourth-order valence-corrected chi connectivity index (χ4v) is 3.19. The monoisotopic (exact) mass is 320 g/mol. The first-order valence-electron chi connectivity index (χ1n) is 6.38. The van der Waals surface area contributed by atoms with Crippen LogP contribution in [0.15, 0.2) is 45.9 Å². The van der Waals surface area contributed by atoms with Gasteiger partial charge in [-0.15, -0.1) is 0 Å². The van der Waals surface area contributed by atoms with Gasteiger partial charge in [0.15, 0.2) is 0 Å². The van der Waals surface area contributed by atoms with Crippen LogP contribution < -0.4 is 4.72 Å². The van der Waals surface area contributed by atoms with E-state index in [9.17, 15) is 18.0 Å². The molecule has 7 nitrogen and oxygen atoms in total. The summed E-state index contributed by atoms with van der Waals surface area (Å²) in [6.07, 6.45) is 1.44. The number of hydrogen-bond donors (Lipinski definition) is 1. The summed E-state index contributed by atoms with van der Waals surface area (Å²) in [4.78, 5) is 24.6. The van der Waals surface area contributed by atoms with Gasteiger partial charge in [0.1, 0.15) is 5.76 Å². The highest BCUT2D eigenvalue weighted by atomic mass is 32.2. The lowest BCUT2D eigenvalue weighted by molar-refractivity contribution is 0.0693. The molecule has 1 aromatic carbocycles. The van der Waals surface area contributed by atoms with Gasteiger partial charge in [-0.3, -0.25) is 14.5 Å². The first kappa shape index (κ1) is 14.5. The molecule has 3 rings (SSSR count). The Kier molecular flexibility index (Phi) is 3.34. The molecule has 2 aromatic rings. The van der Waals surface area contributed by atoms with Gasteiger partial charge in [-0.05, 0) is 30.3 Å². The van der Waals surface area contributed by atoms with Crippen molar-refractivity contribution in [1.29, 1.82) is 0 Å². The number of rotatable bonds is 4. The van der Waals surface area contributed by atoms with Crippen LogP contribution in [0, 0.1) is 0 Å². The van der Waals surface area contributed by atoms with Crippen LogP contribution in [0.2, 0.25) is 0 Å². The van der Waals surface area contributed by atoms with Crippen LogP contribution in [0.3, 0.4) is 0 Å². The Morgan fingerprint density at radius 2 is 1.86 bits per heavy atom. The highest BCUT2D eigenvalue weighted by molar-refractivity contribution is 7.89. The Labute approximate surface area is 126 Å². The second-order valence-electron chi connectivity index (χ2n) is 4.78. The number of nitrogens with one attached hydrogen (secondary N) is 1. The average Bonchev–Trinajstić information content (AvgIpc) is 3.09. The summed E-state index contributed by atoms with van der Waals surface area (Å²) in [5.74, 6) is -0.480. The molecule has 0 radical (unpaired) electrons. The Hall–Kier alpha value is -2.45. The number of fused-ring (bicyclic) bond motifs is 1. The number of hydrogen-bond acceptors (Lipinski definition) is 5. The average molecular weight is 320 g/mol. The zero-order chi connectivity index (χ0) is 15.9. The lowest BCUT2D eigenvalue weighted by atomic mass is 10.1. The number of imide groups is 1. The van der Waals surface area contributed by atoms with E-state index in [-0.39, 0.29) is 22.6 Å². The highest BCUT2D eigenvalue weighted by Crippen LogP contribution is 2.24. The molecule has 0 bridgehead atoms. The normalized spacial score (nSPS) is 14.5. The van der Waals surface area contributed by atoms with E-state index in [2.05, 4.69) is 4.72 Å². The molecule has 0 spiro atoms. The maximum Gasteiger partial charge on any atom is 0.261 e. The molecule has 0 aliphatic carbocycles. The first-order chi connectivity index (χ1) is 10.4. The van der Waals surface area contributed by atoms with E-state index in [1.165, 1.54) is 31.5 Å². The summed E-state index contributed by atoms with van der Waals surface area (Å²) in [6.45, 7) is -0.000796. The van der Waals surface area contributed by atoms with E-state index >= 15 is 0 Å². The summed E-state index contributed by atoms with van der Waals surface area (Å²) in [6, 6.07) is 7.15. The van der Waals surface area contributed by atoms with Crippen molar-refractivity contribution in [3.63, 3.8) is 0 Å². The predicted octanol–water partition coefficient (Wildman–Crippen LogP) is 0.984. The van der Waals surface area contributed by atoms with Crippen molar-refractivity contribution in [2.24, 2.45) is 0 Å². The standard InChI is InChI=1S/C14H12N2O5S/c1-16-13(17)11-5-4-10(7-12(11)14(16)18)22(19,20)15-8-9-3-2-6-21-9/h2-7,15H,8H2,1H3. The fraction of sp³-hybridized carbons (Fsp3) is 0.143. The number of amides is 2. The van der Waals surface area contributed by atoms with Crippen molar-refractivity contribution in [1.82, 2.24) is 9.62 Å². The van der Waals surface area contributed by atoms with Gasteiger partial charge in [0.25, 0.3) is 11.8 Å². The Morgan fingerprint density at radius 1 is 1.14 bits per heavy atom. The maximum atomic E-state index is 12.2. The number of nitrogens with zero attached hydrogens (tertiary/aromatic N) is 1. The number of furan rings is 1. The van der Waals surface area contributed by atoms with Gasteiger partial charge in [-0.2, -0.15) is 0 Å². The summed E-state index contributed by atoms with van der Waals surface area (Å²) in [7, 11) is -2.45. The molecule has 1 N–H and O–H groups in total. The molecule has 2 amide bonds. The van der Waals surface area contributed by atoms with Crippen molar-refractivity contribution < 1.29 is 22.4 Å². The second kappa shape index (κ2) is 5.08. The molecule has 22 heavy (non-hydrogen) atoms. The van der Waals surface area contributed by atoms with Crippen molar-refractivity contribution in [3.8, 4) is 0 Å². The second-order valence-corrected chi connectivity index (χ2v) is 6.55. The van der Waals surface area contributed by atoms with Crippen LogP contribution in [0.4, 0.5) is 0 Å². The molecule has 0 unspecified atom stereocenters. The first-order valence-corrected chi connectivity index (χ1v) is 7.87.